The molecule has 1 aliphatic rings. The van der Waals surface area contributed by atoms with Gasteiger partial charge in [0.15, 0.2) is 18.1 Å². The van der Waals surface area contributed by atoms with Crippen molar-refractivity contribution in [3.8, 4) is 11.5 Å². The fourth-order valence-corrected chi connectivity index (χ4v) is 1.93. The zero-order valence-corrected chi connectivity index (χ0v) is 10.5. The Morgan fingerprint density at radius 3 is 2.83 bits per heavy atom. The number of hydrogen-bond acceptors (Lipinski definition) is 5. The maximum Gasteiger partial charge on any atom is 0.341 e. The summed E-state index contributed by atoms with van der Waals surface area (Å²) in [4.78, 5) is 22.9. The van der Waals surface area contributed by atoms with E-state index >= 15 is 0 Å². The van der Waals surface area contributed by atoms with E-state index in [1.54, 1.807) is 0 Å². The molecule has 7 heteroatoms. The third-order valence-electron chi connectivity index (χ3n) is 2.41. The standard InChI is InChI=1S/C11H10ClNO5/c1-16-10-6(12)3-5(11(15)17-2)9-8(10)13-7(14)4-18-9/h3H,4H2,1-2H3,(H,13,14). The Hall–Kier alpha value is -1.95. The first-order valence-corrected chi connectivity index (χ1v) is 5.37. The van der Waals surface area contributed by atoms with E-state index < -0.39 is 5.97 Å². The number of carbonyl (C=O) groups excluding carboxylic acids is 2. The van der Waals surface area contributed by atoms with Crippen LogP contribution in [0.15, 0.2) is 6.07 Å². The third kappa shape index (κ3) is 1.95. The van der Waals surface area contributed by atoms with E-state index in [4.69, 9.17) is 21.1 Å². The van der Waals surface area contributed by atoms with Crippen molar-refractivity contribution in [2.45, 2.75) is 0 Å². The van der Waals surface area contributed by atoms with Gasteiger partial charge in [-0.3, -0.25) is 4.79 Å². The molecular weight excluding hydrogens is 262 g/mol. The largest absolute Gasteiger partial charge is 0.493 e. The molecule has 1 aliphatic heterocycles. The van der Waals surface area contributed by atoms with Gasteiger partial charge in [-0.15, -0.1) is 0 Å². The minimum Gasteiger partial charge on any atom is -0.493 e. The monoisotopic (exact) mass is 271 g/mol. The first-order valence-electron chi connectivity index (χ1n) is 5.00. The van der Waals surface area contributed by atoms with Crippen LogP contribution in [-0.4, -0.2) is 32.7 Å². The Morgan fingerprint density at radius 1 is 1.50 bits per heavy atom. The highest BCUT2D eigenvalue weighted by atomic mass is 35.5. The molecule has 1 N–H and O–H groups in total. The number of carbonyl (C=O) groups is 2. The first kappa shape index (κ1) is 12.5. The van der Waals surface area contributed by atoms with Crippen molar-refractivity contribution in [1.82, 2.24) is 0 Å². The molecule has 0 saturated carbocycles. The van der Waals surface area contributed by atoms with E-state index in [9.17, 15) is 9.59 Å². The molecule has 1 aromatic carbocycles. The summed E-state index contributed by atoms with van der Waals surface area (Å²) in [5.74, 6) is -0.513. The maximum absolute atomic E-state index is 11.6. The van der Waals surface area contributed by atoms with Crippen LogP contribution in [0.3, 0.4) is 0 Å². The first-order chi connectivity index (χ1) is 8.58. The summed E-state index contributed by atoms with van der Waals surface area (Å²) in [6, 6.07) is 1.38. The van der Waals surface area contributed by atoms with E-state index in [0.717, 1.165) is 0 Å². The lowest BCUT2D eigenvalue weighted by atomic mass is 10.1. The van der Waals surface area contributed by atoms with Gasteiger partial charge < -0.3 is 19.5 Å². The van der Waals surface area contributed by atoms with Gasteiger partial charge in [0, 0.05) is 0 Å². The lowest BCUT2D eigenvalue weighted by Gasteiger charge is -2.22. The van der Waals surface area contributed by atoms with Crippen molar-refractivity contribution in [2.24, 2.45) is 0 Å². The molecule has 1 aromatic rings. The van der Waals surface area contributed by atoms with Crippen LogP contribution in [0.5, 0.6) is 11.5 Å². The molecule has 0 aliphatic carbocycles. The van der Waals surface area contributed by atoms with Crippen LogP contribution >= 0.6 is 11.6 Å². The van der Waals surface area contributed by atoms with E-state index in [1.807, 2.05) is 0 Å². The fourth-order valence-electron chi connectivity index (χ4n) is 1.65. The number of rotatable bonds is 2. The average Bonchev–Trinajstić information content (AvgIpc) is 2.36. The van der Waals surface area contributed by atoms with Crippen LogP contribution in [0.4, 0.5) is 5.69 Å². The lowest BCUT2D eigenvalue weighted by Crippen LogP contribution is -2.27. The van der Waals surface area contributed by atoms with Crippen LogP contribution in [0.1, 0.15) is 10.4 Å². The molecule has 1 heterocycles. The molecule has 0 unspecified atom stereocenters. The minimum atomic E-state index is -0.605. The molecule has 0 spiro atoms. The van der Waals surface area contributed by atoms with Crippen molar-refractivity contribution >= 4 is 29.2 Å². The van der Waals surface area contributed by atoms with Crippen LogP contribution in [0, 0.1) is 0 Å². The van der Waals surface area contributed by atoms with Gasteiger partial charge >= 0.3 is 5.97 Å². The number of benzene rings is 1. The molecule has 1 amide bonds. The number of nitrogens with one attached hydrogen (secondary N) is 1. The summed E-state index contributed by atoms with van der Waals surface area (Å²) in [5.41, 5.74) is 0.375. The smallest absolute Gasteiger partial charge is 0.341 e. The minimum absolute atomic E-state index is 0.137. The molecule has 0 aromatic heterocycles. The summed E-state index contributed by atoms with van der Waals surface area (Å²) < 4.78 is 14.9. The summed E-state index contributed by atoms with van der Waals surface area (Å²) in [5, 5.41) is 2.74. The van der Waals surface area contributed by atoms with E-state index in [2.05, 4.69) is 10.1 Å². The zero-order valence-electron chi connectivity index (χ0n) is 9.70. The maximum atomic E-state index is 11.6. The van der Waals surface area contributed by atoms with Crippen molar-refractivity contribution in [2.75, 3.05) is 26.1 Å². The second kappa shape index (κ2) is 4.73. The number of esters is 1. The van der Waals surface area contributed by atoms with Crippen LogP contribution in [-0.2, 0) is 9.53 Å². The summed E-state index contributed by atoms with van der Waals surface area (Å²) >= 11 is 5.98. The van der Waals surface area contributed by atoms with Gasteiger partial charge in [-0.05, 0) is 6.07 Å². The quantitative estimate of drug-likeness (QED) is 0.825. The van der Waals surface area contributed by atoms with Crippen LogP contribution in [0.2, 0.25) is 5.02 Å². The molecule has 96 valence electrons. The van der Waals surface area contributed by atoms with Gasteiger partial charge in [-0.2, -0.15) is 0 Å². The molecule has 0 fully saturated rings. The van der Waals surface area contributed by atoms with Gasteiger partial charge in [0.1, 0.15) is 11.3 Å². The van der Waals surface area contributed by atoms with Crippen molar-refractivity contribution in [3.05, 3.63) is 16.7 Å². The summed E-state index contributed by atoms with van der Waals surface area (Å²) in [6.07, 6.45) is 0. The normalized spacial score (nSPS) is 13.2. The van der Waals surface area contributed by atoms with Crippen molar-refractivity contribution in [1.29, 1.82) is 0 Å². The zero-order chi connectivity index (χ0) is 13.3. The van der Waals surface area contributed by atoms with E-state index in [-0.39, 0.29) is 40.3 Å². The van der Waals surface area contributed by atoms with E-state index in [1.165, 1.54) is 20.3 Å². The number of amides is 1. The molecule has 0 bridgehead atoms. The number of halogens is 1. The number of hydrogen-bond donors (Lipinski definition) is 1. The second-order valence-corrected chi connectivity index (χ2v) is 3.88. The van der Waals surface area contributed by atoms with Crippen molar-refractivity contribution in [3.63, 3.8) is 0 Å². The Kier molecular flexibility index (Phi) is 3.29. The summed E-state index contributed by atoms with van der Waals surface area (Å²) in [7, 11) is 2.65. The Labute approximate surface area is 108 Å². The van der Waals surface area contributed by atoms with Crippen LogP contribution in [0.25, 0.3) is 0 Å². The van der Waals surface area contributed by atoms with Gasteiger partial charge in [0.05, 0.1) is 19.2 Å². The van der Waals surface area contributed by atoms with Crippen LogP contribution < -0.4 is 14.8 Å². The SMILES string of the molecule is COC(=O)c1cc(Cl)c(OC)c2c1OCC(=O)N2. The highest BCUT2D eigenvalue weighted by molar-refractivity contribution is 6.33. The molecular formula is C11H10ClNO5. The molecule has 0 radical (unpaired) electrons. The fraction of sp³-hybridized carbons (Fsp3) is 0.273. The highest BCUT2D eigenvalue weighted by Crippen LogP contribution is 2.44. The third-order valence-corrected chi connectivity index (χ3v) is 2.69. The van der Waals surface area contributed by atoms with Crippen molar-refractivity contribution < 1.29 is 23.8 Å². The Balaban J connectivity index is 2.65. The second-order valence-electron chi connectivity index (χ2n) is 3.47. The molecule has 0 saturated heterocycles. The number of fused-ring (bicyclic) bond motifs is 1. The highest BCUT2D eigenvalue weighted by Gasteiger charge is 2.28. The molecule has 0 atom stereocenters. The molecule has 6 nitrogen and oxygen atoms in total. The topological polar surface area (TPSA) is 73.9 Å². The number of anilines is 1. The Bertz CT molecular complexity index is 529. The number of ether oxygens (including phenoxy) is 3. The van der Waals surface area contributed by atoms with Gasteiger partial charge in [-0.1, -0.05) is 11.6 Å². The van der Waals surface area contributed by atoms with E-state index in [0.29, 0.717) is 0 Å². The lowest BCUT2D eigenvalue weighted by molar-refractivity contribution is -0.118. The van der Waals surface area contributed by atoms with Gasteiger partial charge in [-0.25, -0.2) is 4.79 Å². The van der Waals surface area contributed by atoms with Gasteiger partial charge in [0.2, 0.25) is 0 Å². The van der Waals surface area contributed by atoms with Gasteiger partial charge in [0.25, 0.3) is 5.91 Å². The number of methoxy groups -OCH3 is 2. The molecule has 2 rings (SSSR count). The predicted molar refractivity (Wildman–Crippen MR) is 63.5 cm³/mol. The Morgan fingerprint density at radius 2 is 2.22 bits per heavy atom. The average molecular weight is 272 g/mol. The summed E-state index contributed by atoms with van der Waals surface area (Å²) in [6.45, 7) is -0.179. The predicted octanol–water partition coefficient (Wildman–Crippen LogP) is 1.47. The molecule has 18 heavy (non-hydrogen) atoms.